The molecule has 0 atom stereocenters. The van der Waals surface area contributed by atoms with E-state index in [9.17, 15) is 18.0 Å². The summed E-state index contributed by atoms with van der Waals surface area (Å²) in [5, 5.41) is 0.449. The van der Waals surface area contributed by atoms with E-state index in [0.717, 1.165) is 23.1 Å². The van der Waals surface area contributed by atoms with Gasteiger partial charge in [-0.2, -0.15) is 18.2 Å². The highest BCUT2D eigenvalue weighted by molar-refractivity contribution is 5.86. The lowest BCUT2D eigenvalue weighted by atomic mass is 10.2. The van der Waals surface area contributed by atoms with Crippen molar-refractivity contribution >= 4 is 16.9 Å². The number of hydrogen-bond donors (Lipinski definition) is 1. The van der Waals surface area contributed by atoms with Crippen LogP contribution in [0.1, 0.15) is 24.5 Å². The number of halogens is 3. The summed E-state index contributed by atoms with van der Waals surface area (Å²) in [5.41, 5.74) is 6.32. The van der Waals surface area contributed by atoms with Crippen LogP contribution in [0.25, 0.3) is 16.7 Å². The summed E-state index contributed by atoms with van der Waals surface area (Å²) in [6, 6.07) is 9.52. The Kier molecular flexibility index (Phi) is 4.01. The fraction of sp³-hybridized carbons (Fsp3) is 0.278. The second kappa shape index (κ2) is 6.26. The molecule has 2 aromatic heterocycles. The van der Waals surface area contributed by atoms with Gasteiger partial charge in [0.1, 0.15) is 11.6 Å². The molecule has 0 radical (unpaired) electrons. The lowest BCUT2D eigenvalue weighted by Gasteiger charge is -2.16. The fourth-order valence-corrected chi connectivity index (χ4v) is 2.88. The SMILES string of the molecule is Nc1nc(=O)n(-c2ccccc2OCC(F)(F)F)c2nc(C3CC3)ccc12. The number of alkyl halides is 3. The van der Waals surface area contributed by atoms with Crippen LogP contribution >= 0.6 is 0 Å². The molecule has 0 aliphatic heterocycles. The summed E-state index contributed by atoms with van der Waals surface area (Å²) in [6.07, 6.45) is -2.49. The van der Waals surface area contributed by atoms with E-state index >= 15 is 0 Å². The van der Waals surface area contributed by atoms with Gasteiger partial charge >= 0.3 is 11.9 Å². The quantitative estimate of drug-likeness (QED) is 0.756. The van der Waals surface area contributed by atoms with Crippen molar-refractivity contribution in [3.63, 3.8) is 0 Å². The molecule has 1 aliphatic carbocycles. The third-order valence-corrected chi connectivity index (χ3v) is 4.28. The molecule has 9 heteroatoms. The molecule has 1 aromatic carbocycles. The summed E-state index contributed by atoms with van der Waals surface area (Å²) in [4.78, 5) is 20.9. The number of pyridine rings is 1. The predicted octanol–water partition coefficient (Wildman–Crippen LogP) is 3.18. The van der Waals surface area contributed by atoms with Crippen LogP contribution in [0.2, 0.25) is 0 Å². The summed E-state index contributed by atoms with van der Waals surface area (Å²) in [6.45, 7) is -1.47. The van der Waals surface area contributed by atoms with Gasteiger partial charge in [0.25, 0.3) is 0 Å². The maximum Gasteiger partial charge on any atom is 0.422 e. The van der Waals surface area contributed by atoms with Crippen molar-refractivity contribution < 1.29 is 17.9 Å². The van der Waals surface area contributed by atoms with Crippen molar-refractivity contribution in [2.24, 2.45) is 0 Å². The van der Waals surface area contributed by atoms with Crippen LogP contribution in [0.5, 0.6) is 5.75 Å². The molecule has 0 unspecified atom stereocenters. The van der Waals surface area contributed by atoms with E-state index < -0.39 is 18.5 Å². The molecule has 6 nitrogen and oxygen atoms in total. The van der Waals surface area contributed by atoms with Gasteiger partial charge < -0.3 is 10.5 Å². The number of nitrogens with zero attached hydrogens (tertiary/aromatic N) is 3. The Balaban J connectivity index is 1.91. The van der Waals surface area contributed by atoms with E-state index in [0.29, 0.717) is 11.3 Å². The number of benzene rings is 1. The Morgan fingerprint density at radius 2 is 1.89 bits per heavy atom. The minimum atomic E-state index is -4.50. The molecule has 4 rings (SSSR count). The van der Waals surface area contributed by atoms with E-state index in [-0.39, 0.29) is 22.9 Å². The van der Waals surface area contributed by atoms with Crippen molar-refractivity contribution in [3.05, 3.63) is 52.6 Å². The third-order valence-electron chi connectivity index (χ3n) is 4.28. The van der Waals surface area contributed by atoms with E-state index in [1.54, 1.807) is 12.1 Å². The first-order chi connectivity index (χ1) is 12.8. The lowest BCUT2D eigenvalue weighted by molar-refractivity contribution is -0.153. The van der Waals surface area contributed by atoms with E-state index in [1.165, 1.54) is 18.2 Å². The van der Waals surface area contributed by atoms with Gasteiger partial charge in [-0.1, -0.05) is 12.1 Å². The topological polar surface area (TPSA) is 83.0 Å². The molecule has 0 saturated heterocycles. The molecule has 1 aliphatic rings. The van der Waals surface area contributed by atoms with Gasteiger partial charge in [-0.15, -0.1) is 0 Å². The molecule has 1 fully saturated rings. The number of nitrogen functional groups attached to an aromatic ring is 1. The highest BCUT2D eigenvalue weighted by atomic mass is 19.4. The van der Waals surface area contributed by atoms with Gasteiger partial charge in [-0.05, 0) is 37.1 Å². The van der Waals surface area contributed by atoms with Gasteiger partial charge in [0, 0.05) is 11.6 Å². The van der Waals surface area contributed by atoms with E-state index in [2.05, 4.69) is 9.97 Å². The van der Waals surface area contributed by atoms with Gasteiger partial charge in [0.15, 0.2) is 12.3 Å². The standard InChI is InChI=1S/C18H15F3N4O2/c19-18(20,21)9-27-14-4-2-1-3-13(14)25-16-11(15(22)24-17(25)26)7-8-12(23-16)10-5-6-10/h1-4,7-8,10H,5-6,9H2,(H2,22,24,26). The van der Waals surface area contributed by atoms with Gasteiger partial charge in [-0.3, -0.25) is 0 Å². The number of para-hydroxylation sites is 2. The Bertz CT molecular complexity index is 1070. The molecular formula is C18H15F3N4O2. The Morgan fingerprint density at radius 1 is 1.15 bits per heavy atom. The van der Waals surface area contributed by atoms with Crippen molar-refractivity contribution in [1.29, 1.82) is 0 Å². The Morgan fingerprint density at radius 3 is 2.59 bits per heavy atom. The summed E-state index contributed by atoms with van der Waals surface area (Å²) in [7, 11) is 0. The highest BCUT2D eigenvalue weighted by Crippen LogP contribution is 2.39. The Hall–Kier alpha value is -3.10. The first-order valence-corrected chi connectivity index (χ1v) is 8.31. The maximum atomic E-state index is 12.6. The molecule has 0 spiro atoms. The van der Waals surface area contributed by atoms with Gasteiger partial charge in [0.05, 0.1) is 11.1 Å². The van der Waals surface area contributed by atoms with Crippen LogP contribution in [0.3, 0.4) is 0 Å². The zero-order valence-electron chi connectivity index (χ0n) is 14.0. The first kappa shape index (κ1) is 17.3. The molecule has 1 saturated carbocycles. The van der Waals surface area contributed by atoms with Crippen LogP contribution in [0, 0.1) is 0 Å². The van der Waals surface area contributed by atoms with E-state index in [1.807, 2.05) is 6.07 Å². The van der Waals surface area contributed by atoms with Crippen molar-refractivity contribution in [2.45, 2.75) is 24.9 Å². The van der Waals surface area contributed by atoms with Crippen LogP contribution in [0.4, 0.5) is 19.0 Å². The molecular weight excluding hydrogens is 361 g/mol. The smallest absolute Gasteiger partial charge is 0.422 e. The molecule has 2 N–H and O–H groups in total. The largest absolute Gasteiger partial charge is 0.482 e. The second-order valence-electron chi connectivity index (χ2n) is 6.37. The number of anilines is 1. The zero-order chi connectivity index (χ0) is 19.2. The normalized spacial score (nSPS) is 14.5. The summed E-state index contributed by atoms with van der Waals surface area (Å²) in [5.74, 6) is 0.252. The number of aromatic nitrogens is 3. The van der Waals surface area contributed by atoms with Crippen LogP contribution in [-0.2, 0) is 0 Å². The summed E-state index contributed by atoms with van der Waals surface area (Å²) < 4.78 is 43.8. The van der Waals surface area contributed by atoms with E-state index in [4.69, 9.17) is 10.5 Å². The maximum absolute atomic E-state index is 12.6. The van der Waals surface area contributed by atoms with Crippen molar-refractivity contribution in [2.75, 3.05) is 12.3 Å². The molecule has 3 aromatic rings. The number of hydrogen-bond acceptors (Lipinski definition) is 5. The second-order valence-corrected chi connectivity index (χ2v) is 6.37. The van der Waals surface area contributed by atoms with Gasteiger partial charge in [0.2, 0.25) is 0 Å². The third kappa shape index (κ3) is 3.44. The first-order valence-electron chi connectivity index (χ1n) is 8.31. The van der Waals surface area contributed by atoms with Crippen molar-refractivity contribution in [1.82, 2.24) is 14.5 Å². The number of ether oxygens (including phenoxy) is 1. The monoisotopic (exact) mass is 376 g/mol. The number of rotatable bonds is 4. The zero-order valence-corrected chi connectivity index (χ0v) is 14.0. The van der Waals surface area contributed by atoms with Crippen LogP contribution in [-0.4, -0.2) is 27.3 Å². The van der Waals surface area contributed by atoms with Gasteiger partial charge in [-0.25, -0.2) is 14.3 Å². The number of nitrogens with two attached hydrogens (primary N) is 1. The predicted molar refractivity (Wildman–Crippen MR) is 93.1 cm³/mol. The number of fused-ring (bicyclic) bond motifs is 1. The molecule has 0 bridgehead atoms. The lowest BCUT2D eigenvalue weighted by Crippen LogP contribution is -2.25. The highest BCUT2D eigenvalue weighted by Gasteiger charge is 2.29. The van der Waals surface area contributed by atoms with Crippen molar-refractivity contribution in [3.8, 4) is 11.4 Å². The fourth-order valence-electron chi connectivity index (χ4n) is 2.88. The molecule has 27 heavy (non-hydrogen) atoms. The van der Waals surface area contributed by atoms with Crippen LogP contribution in [0.15, 0.2) is 41.2 Å². The minimum absolute atomic E-state index is 0.0230. The molecule has 0 amide bonds. The molecule has 2 heterocycles. The van der Waals surface area contributed by atoms with Crippen LogP contribution < -0.4 is 16.2 Å². The molecule has 140 valence electrons. The average Bonchev–Trinajstić information content (AvgIpc) is 3.45. The minimum Gasteiger partial charge on any atom is -0.482 e. The average molecular weight is 376 g/mol. The summed E-state index contributed by atoms with van der Waals surface area (Å²) >= 11 is 0. The Labute approximate surface area is 151 Å².